The first kappa shape index (κ1) is 22.2. The summed E-state index contributed by atoms with van der Waals surface area (Å²) in [5.41, 5.74) is 1.85. The number of carbonyl (C=O) groups excluding carboxylic acids is 2. The van der Waals surface area contributed by atoms with Crippen LogP contribution in [0.5, 0.6) is 11.5 Å². The number of nitrogens with zero attached hydrogens (tertiary/aromatic N) is 3. The average Bonchev–Trinajstić information content (AvgIpc) is 3.09. The van der Waals surface area contributed by atoms with Gasteiger partial charge in [-0.2, -0.15) is 0 Å². The number of amides is 2. The fourth-order valence-corrected chi connectivity index (χ4v) is 4.29. The number of rotatable bonds is 6. The number of benzene rings is 2. The van der Waals surface area contributed by atoms with Crippen molar-refractivity contribution >= 4 is 34.7 Å². The van der Waals surface area contributed by atoms with Gasteiger partial charge in [-0.3, -0.25) is 9.59 Å². The summed E-state index contributed by atoms with van der Waals surface area (Å²) in [4.78, 5) is 32.9. The van der Waals surface area contributed by atoms with Crippen molar-refractivity contribution in [3.05, 3.63) is 58.7 Å². The van der Waals surface area contributed by atoms with Gasteiger partial charge < -0.3 is 19.3 Å². The summed E-state index contributed by atoms with van der Waals surface area (Å²) in [6.45, 7) is 6.09. The second-order valence-electron chi connectivity index (χ2n) is 7.64. The first-order valence-electron chi connectivity index (χ1n) is 10.6. The van der Waals surface area contributed by atoms with E-state index in [-0.39, 0.29) is 11.8 Å². The minimum absolute atomic E-state index is 0.353. The van der Waals surface area contributed by atoms with E-state index < -0.39 is 0 Å². The zero-order valence-corrected chi connectivity index (χ0v) is 19.2. The van der Waals surface area contributed by atoms with Crippen molar-refractivity contribution in [2.75, 3.05) is 51.8 Å². The molecule has 0 radical (unpaired) electrons. The number of hydrogen-bond acceptors (Lipinski definition) is 6. The molecular weight excluding hydrogens is 430 g/mol. The SMILES string of the molecule is CCN1CCN(C2=C(c3ccc(Cl)cc3)C(=O)N(c3ccc(OC)cc3OC)C2=O)CC1. The van der Waals surface area contributed by atoms with E-state index in [1.165, 1.54) is 12.0 Å². The molecule has 168 valence electrons. The van der Waals surface area contributed by atoms with Gasteiger partial charge in [0.25, 0.3) is 11.8 Å². The average molecular weight is 456 g/mol. The van der Waals surface area contributed by atoms with E-state index in [1.54, 1.807) is 49.6 Å². The summed E-state index contributed by atoms with van der Waals surface area (Å²) in [6.07, 6.45) is 0. The van der Waals surface area contributed by atoms with Crippen LogP contribution < -0.4 is 14.4 Å². The lowest BCUT2D eigenvalue weighted by atomic mass is 10.0. The maximum absolute atomic E-state index is 13.7. The maximum Gasteiger partial charge on any atom is 0.282 e. The molecule has 2 aliphatic heterocycles. The summed E-state index contributed by atoms with van der Waals surface area (Å²) in [5.74, 6) is 0.229. The summed E-state index contributed by atoms with van der Waals surface area (Å²) in [5, 5.41) is 0.568. The van der Waals surface area contributed by atoms with Crippen molar-refractivity contribution in [3.63, 3.8) is 0 Å². The second kappa shape index (κ2) is 9.22. The third-order valence-corrected chi connectivity index (χ3v) is 6.21. The Bertz CT molecular complexity index is 1060. The number of halogens is 1. The molecule has 32 heavy (non-hydrogen) atoms. The van der Waals surface area contributed by atoms with E-state index in [9.17, 15) is 9.59 Å². The molecule has 0 saturated carbocycles. The maximum atomic E-state index is 13.7. The summed E-state index contributed by atoms with van der Waals surface area (Å²) in [7, 11) is 3.05. The Hall–Kier alpha value is -3.03. The van der Waals surface area contributed by atoms with Gasteiger partial charge in [0, 0.05) is 37.3 Å². The molecular formula is C24H26ClN3O4. The largest absolute Gasteiger partial charge is 0.497 e. The van der Waals surface area contributed by atoms with Crippen molar-refractivity contribution in [1.82, 2.24) is 9.80 Å². The van der Waals surface area contributed by atoms with Crippen molar-refractivity contribution in [2.45, 2.75) is 6.92 Å². The number of imide groups is 1. The van der Waals surface area contributed by atoms with E-state index in [4.69, 9.17) is 21.1 Å². The Morgan fingerprint density at radius 1 is 0.906 bits per heavy atom. The molecule has 0 aromatic heterocycles. The van der Waals surface area contributed by atoms with Crippen LogP contribution in [0.3, 0.4) is 0 Å². The lowest BCUT2D eigenvalue weighted by molar-refractivity contribution is -0.120. The molecule has 7 nitrogen and oxygen atoms in total. The smallest absolute Gasteiger partial charge is 0.282 e. The Morgan fingerprint density at radius 3 is 2.19 bits per heavy atom. The second-order valence-corrected chi connectivity index (χ2v) is 8.07. The molecule has 2 aliphatic rings. The fraction of sp³-hybridized carbons (Fsp3) is 0.333. The van der Waals surface area contributed by atoms with Gasteiger partial charge in [0.15, 0.2) is 0 Å². The van der Waals surface area contributed by atoms with E-state index in [1.807, 2.05) is 4.90 Å². The van der Waals surface area contributed by atoms with Gasteiger partial charge in [0.05, 0.1) is 25.5 Å². The van der Waals surface area contributed by atoms with E-state index in [2.05, 4.69) is 11.8 Å². The van der Waals surface area contributed by atoms with Gasteiger partial charge in [0.1, 0.15) is 17.2 Å². The minimum Gasteiger partial charge on any atom is -0.497 e. The standard InChI is InChI=1S/C24H26ClN3O4/c1-4-26-11-13-27(14-12-26)22-21(16-5-7-17(25)8-6-16)23(29)28(24(22)30)19-10-9-18(31-2)15-20(19)32-3/h5-10,15H,4,11-14H2,1-3H3. The molecule has 2 aromatic carbocycles. The number of anilines is 1. The molecule has 0 unspecified atom stereocenters. The van der Waals surface area contributed by atoms with Crippen LogP contribution in [0.2, 0.25) is 5.02 Å². The number of ether oxygens (including phenoxy) is 2. The highest BCUT2D eigenvalue weighted by Gasteiger charge is 2.44. The minimum atomic E-state index is -0.381. The van der Waals surface area contributed by atoms with Gasteiger partial charge in [-0.25, -0.2) is 4.90 Å². The van der Waals surface area contributed by atoms with Crippen LogP contribution in [0.4, 0.5) is 5.69 Å². The molecule has 2 aromatic rings. The molecule has 4 rings (SSSR count). The molecule has 0 bridgehead atoms. The van der Waals surface area contributed by atoms with Crippen LogP contribution in [-0.2, 0) is 9.59 Å². The summed E-state index contributed by atoms with van der Waals surface area (Å²) >= 11 is 6.07. The highest BCUT2D eigenvalue weighted by atomic mass is 35.5. The Labute approximate surface area is 192 Å². The third-order valence-electron chi connectivity index (χ3n) is 5.96. The van der Waals surface area contributed by atoms with Crippen LogP contribution >= 0.6 is 11.6 Å². The first-order chi connectivity index (χ1) is 15.5. The third kappa shape index (κ3) is 3.94. The lowest BCUT2D eigenvalue weighted by Crippen LogP contribution is -2.47. The van der Waals surface area contributed by atoms with Crippen molar-refractivity contribution < 1.29 is 19.1 Å². The normalized spacial score (nSPS) is 17.4. The Kier molecular flexibility index (Phi) is 6.39. The highest BCUT2D eigenvalue weighted by molar-refractivity contribution is 6.45. The van der Waals surface area contributed by atoms with E-state index >= 15 is 0 Å². The molecule has 8 heteroatoms. The van der Waals surface area contributed by atoms with Crippen LogP contribution in [0.25, 0.3) is 5.57 Å². The molecule has 1 saturated heterocycles. The Morgan fingerprint density at radius 2 is 1.59 bits per heavy atom. The van der Waals surface area contributed by atoms with Crippen LogP contribution in [0.15, 0.2) is 48.2 Å². The number of piperazine rings is 1. The number of methoxy groups -OCH3 is 2. The van der Waals surface area contributed by atoms with Crippen LogP contribution in [0.1, 0.15) is 12.5 Å². The van der Waals surface area contributed by atoms with Gasteiger partial charge in [-0.05, 0) is 36.4 Å². The molecule has 0 spiro atoms. The molecule has 2 amide bonds. The van der Waals surface area contributed by atoms with Gasteiger partial charge in [-0.15, -0.1) is 0 Å². The first-order valence-corrected chi connectivity index (χ1v) is 10.9. The van der Waals surface area contributed by atoms with Crippen LogP contribution in [0, 0.1) is 0 Å². The predicted octanol–water partition coefficient (Wildman–Crippen LogP) is 3.28. The number of likely N-dealkylation sites (N-methyl/N-ethyl adjacent to an activating group) is 1. The van der Waals surface area contributed by atoms with Gasteiger partial charge >= 0.3 is 0 Å². The summed E-state index contributed by atoms with van der Waals surface area (Å²) in [6, 6.07) is 12.1. The molecule has 0 N–H and O–H groups in total. The van der Waals surface area contributed by atoms with Crippen LogP contribution in [-0.4, -0.2) is 68.6 Å². The molecule has 1 fully saturated rings. The van der Waals surface area contributed by atoms with E-state index in [0.717, 1.165) is 19.6 Å². The molecule has 0 aliphatic carbocycles. The highest BCUT2D eigenvalue weighted by Crippen LogP contribution is 2.40. The quantitative estimate of drug-likeness (QED) is 0.623. The zero-order valence-electron chi connectivity index (χ0n) is 18.4. The number of carbonyl (C=O) groups is 2. The fourth-order valence-electron chi connectivity index (χ4n) is 4.16. The molecule has 2 heterocycles. The van der Waals surface area contributed by atoms with Gasteiger partial charge in [-0.1, -0.05) is 30.7 Å². The monoisotopic (exact) mass is 455 g/mol. The Balaban J connectivity index is 1.79. The van der Waals surface area contributed by atoms with E-state index in [0.29, 0.717) is 52.1 Å². The van der Waals surface area contributed by atoms with Crippen molar-refractivity contribution in [2.24, 2.45) is 0 Å². The topological polar surface area (TPSA) is 62.3 Å². The van der Waals surface area contributed by atoms with Gasteiger partial charge in [0.2, 0.25) is 0 Å². The molecule has 0 atom stereocenters. The summed E-state index contributed by atoms with van der Waals surface area (Å²) < 4.78 is 10.7. The predicted molar refractivity (Wildman–Crippen MR) is 124 cm³/mol. The van der Waals surface area contributed by atoms with Crippen molar-refractivity contribution in [3.8, 4) is 11.5 Å². The lowest BCUT2D eigenvalue weighted by Gasteiger charge is -2.36. The number of hydrogen-bond donors (Lipinski definition) is 0. The zero-order chi connectivity index (χ0) is 22.8. The van der Waals surface area contributed by atoms with Crippen molar-refractivity contribution in [1.29, 1.82) is 0 Å².